The molecular weight excluding hydrogens is 1350 g/mol. The summed E-state index contributed by atoms with van der Waals surface area (Å²) < 4.78 is 68.2. The number of phosphoric acid groups is 2. The van der Waals surface area contributed by atoms with Gasteiger partial charge in [0.25, 0.3) is 0 Å². The Balaban J connectivity index is 5.47. The largest absolute Gasteiger partial charge is 0.472 e. The second-order valence-electron chi connectivity index (χ2n) is 25.2. The van der Waals surface area contributed by atoms with Gasteiger partial charge in [-0.3, -0.25) is 37.3 Å². The van der Waals surface area contributed by atoms with Gasteiger partial charge in [0.1, 0.15) is 19.3 Å². The normalized spacial score (nSPS) is 14.9. The summed E-state index contributed by atoms with van der Waals surface area (Å²) in [4.78, 5) is 72.8. The molecule has 0 aromatic heterocycles. The summed E-state index contributed by atoms with van der Waals surface area (Å²) >= 11 is 0. The Kier molecular flexibility index (Phi) is 71.2. The molecule has 0 fully saturated rings. The van der Waals surface area contributed by atoms with Gasteiger partial charge in [0, 0.05) is 19.3 Å². The van der Waals surface area contributed by atoms with Crippen molar-refractivity contribution in [2.75, 3.05) is 39.6 Å². The molecule has 5 unspecified atom stereocenters. The first-order chi connectivity index (χ1) is 50.7. The van der Waals surface area contributed by atoms with E-state index in [0.29, 0.717) is 32.1 Å². The highest BCUT2D eigenvalue weighted by Crippen LogP contribution is 2.45. The maximum absolute atomic E-state index is 13.1. The van der Waals surface area contributed by atoms with Crippen molar-refractivity contribution in [3.8, 4) is 0 Å². The Bertz CT molecular complexity index is 2690. The smallest absolute Gasteiger partial charge is 0.462 e. The number of unbranched alkanes of at least 4 members (excludes halogenated alkanes) is 16. The third kappa shape index (κ3) is 74.4. The van der Waals surface area contributed by atoms with E-state index in [0.717, 1.165) is 154 Å². The third-order valence-corrected chi connectivity index (χ3v) is 17.3. The van der Waals surface area contributed by atoms with E-state index in [1.165, 1.54) is 32.1 Å². The van der Waals surface area contributed by atoms with Gasteiger partial charge in [0.15, 0.2) is 12.2 Å². The number of rotatable bonds is 71. The van der Waals surface area contributed by atoms with Crippen LogP contribution in [0.5, 0.6) is 0 Å². The van der Waals surface area contributed by atoms with Crippen LogP contribution >= 0.6 is 15.6 Å². The summed E-state index contributed by atoms with van der Waals surface area (Å²) in [6, 6.07) is 0. The summed E-state index contributed by atoms with van der Waals surface area (Å²) in [5, 5.41) is 10.6. The second-order valence-corrected chi connectivity index (χ2v) is 28.1. The molecule has 0 aromatic rings. The average molecular weight is 1490 g/mol. The van der Waals surface area contributed by atoms with Crippen LogP contribution in [0.15, 0.2) is 182 Å². The molecule has 588 valence electrons. The molecule has 19 heteroatoms. The highest BCUT2D eigenvalue weighted by Gasteiger charge is 2.30. The van der Waals surface area contributed by atoms with Crippen molar-refractivity contribution in [1.29, 1.82) is 0 Å². The van der Waals surface area contributed by atoms with Crippen LogP contribution in [-0.2, 0) is 65.4 Å². The van der Waals surface area contributed by atoms with Crippen LogP contribution in [0.3, 0.4) is 0 Å². The fourth-order valence-corrected chi connectivity index (χ4v) is 11.1. The second kappa shape index (κ2) is 75.4. The molecule has 17 nitrogen and oxygen atoms in total. The molecule has 0 saturated carbocycles. The van der Waals surface area contributed by atoms with Crippen molar-refractivity contribution in [1.82, 2.24) is 0 Å². The van der Waals surface area contributed by atoms with Crippen LogP contribution in [0.25, 0.3) is 0 Å². The van der Waals surface area contributed by atoms with Crippen LogP contribution in [0.2, 0.25) is 0 Å². The molecule has 0 aromatic carbocycles. The van der Waals surface area contributed by atoms with Gasteiger partial charge in [-0.15, -0.1) is 0 Å². The maximum Gasteiger partial charge on any atom is 0.472 e. The zero-order chi connectivity index (χ0) is 76.0. The molecule has 0 saturated heterocycles. The third-order valence-electron chi connectivity index (χ3n) is 15.4. The topological polar surface area (TPSA) is 237 Å². The Labute approximate surface area is 628 Å². The van der Waals surface area contributed by atoms with Gasteiger partial charge in [-0.25, -0.2) is 9.13 Å². The average Bonchev–Trinajstić information content (AvgIpc) is 0.929. The van der Waals surface area contributed by atoms with Gasteiger partial charge in [-0.1, -0.05) is 281 Å². The summed E-state index contributed by atoms with van der Waals surface area (Å²) in [5.41, 5.74) is 0. The molecule has 3 N–H and O–H groups in total. The van der Waals surface area contributed by atoms with Crippen molar-refractivity contribution in [2.45, 2.75) is 290 Å². The molecule has 0 amide bonds. The lowest BCUT2D eigenvalue weighted by Crippen LogP contribution is -2.30. The van der Waals surface area contributed by atoms with E-state index in [-0.39, 0.29) is 25.7 Å². The maximum atomic E-state index is 13.1. The van der Waals surface area contributed by atoms with Crippen LogP contribution < -0.4 is 0 Å². The number of esters is 4. The van der Waals surface area contributed by atoms with E-state index in [9.17, 15) is 43.2 Å². The standard InChI is InChI=1S/C85H136O17P2/c1-5-9-13-17-21-25-29-32-35-37-39-41-44-46-50-53-57-61-65-69-82(87)95-75-80(101-84(89)71-67-63-59-55-49-28-24-20-16-12-8-4)77-99-103(91,92)97-73-79(86)74-98-104(93,94)100-78-81(102-85(90)72-68-64-60-56-52-48-43-34-31-27-23-19-15-11-7-3)76-96-83(88)70-66-62-58-54-51-47-45-42-40-38-36-33-30-26-22-18-14-10-6-2/h10-11,14-15,20-27,32-36,39-43,47,51-52,56,58,62,64,68,79-81,86H,5-9,12-13,16-19,28-31,37-38,44-46,48-50,53-55,57,59-61,63,65-67,69-78H2,1-4H3,(H,91,92)(H,93,94)/b14-10-,15-11-,24-20-,25-21-,26-22-,27-23-,35-32-,36-33-,41-39-,42-40-,43-34-,51-47-,56-52-,62-58-,68-64-. The molecule has 0 radical (unpaired) electrons. The molecule has 0 aliphatic heterocycles. The highest BCUT2D eigenvalue weighted by atomic mass is 31.2. The lowest BCUT2D eigenvalue weighted by Gasteiger charge is -2.21. The lowest BCUT2D eigenvalue weighted by atomic mass is 10.1. The van der Waals surface area contributed by atoms with E-state index in [1.54, 1.807) is 12.2 Å². The quantitative estimate of drug-likeness (QED) is 0.0169. The molecule has 0 rings (SSSR count). The van der Waals surface area contributed by atoms with Gasteiger partial charge < -0.3 is 33.8 Å². The van der Waals surface area contributed by atoms with E-state index >= 15 is 0 Å². The first-order valence-electron chi connectivity index (χ1n) is 39.0. The molecule has 0 aliphatic carbocycles. The number of aliphatic hydroxyl groups is 1. The summed E-state index contributed by atoms with van der Waals surface area (Å²) in [7, 11) is -10.0. The molecule has 5 atom stereocenters. The van der Waals surface area contributed by atoms with Crippen molar-refractivity contribution in [3.05, 3.63) is 182 Å². The minimum absolute atomic E-state index is 0.00944. The fraction of sp³-hybridized carbons (Fsp3) is 0.600. The van der Waals surface area contributed by atoms with Crippen molar-refractivity contribution < 1.29 is 80.2 Å². The van der Waals surface area contributed by atoms with Crippen LogP contribution in [0, 0.1) is 0 Å². The summed E-state index contributed by atoms with van der Waals surface area (Å²) in [6.45, 7) is 4.32. The molecule has 0 spiro atoms. The van der Waals surface area contributed by atoms with Crippen molar-refractivity contribution in [2.24, 2.45) is 0 Å². The zero-order valence-electron chi connectivity index (χ0n) is 64.1. The number of carbonyl (C=O) groups excluding carboxylic acids is 4. The van der Waals surface area contributed by atoms with Gasteiger partial charge in [-0.2, -0.15) is 0 Å². The monoisotopic (exact) mass is 1490 g/mol. The van der Waals surface area contributed by atoms with Gasteiger partial charge in [0.2, 0.25) is 0 Å². The summed E-state index contributed by atoms with van der Waals surface area (Å²) in [5.74, 6) is -2.47. The Morgan fingerprint density at radius 3 is 0.952 bits per heavy atom. The van der Waals surface area contributed by atoms with E-state index in [4.69, 9.17) is 37.0 Å². The van der Waals surface area contributed by atoms with Crippen LogP contribution in [0.4, 0.5) is 0 Å². The van der Waals surface area contributed by atoms with Crippen LogP contribution in [-0.4, -0.2) is 96.7 Å². The van der Waals surface area contributed by atoms with Crippen molar-refractivity contribution >= 4 is 39.5 Å². The summed E-state index contributed by atoms with van der Waals surface area (Å²) in [6.07, 6.45) is 90.8. The van der Waals surface area contributed by atoms with E-state index in [1.807, 2.05) is 30.4 Å². The van der Waals surface area contributed by atoms with Gasteiger partial charge >= 0.3 is 39.5 Å². The lowest BCUT2D eigenvalue weighted by molar-refractivity contribution is -0.161. The number of phosphoric ester groups is 2. The Hall–Kier alpha value is -5.84. The Morgan fingerprint density at radius 2 is 0.567 bits per heavy atom. The molecule has 104 heavy (non-hydrogen) atoms. The SMILES string of the molecule is CC/C=C\C/C=C\C/C=C\C/C=C\C/C=C\C/C=C\CCC(=O)OCC(COP(=O)(O)OCC(O)COP(=O)(O)OCC(COC(=O)CCCCCCCC/C=C\C/C=C\C/C=C\CCCCC)OC(=O)CCCCCCC/C=C\CCCC)OC(=O)C/C=C\C/C=C\C/C=C\C/C=C\C/C=C\CC. The van der Waals surface area contributed by atoms with Gasteiger partial charge in [0.05, 0.1) is 32.8 Å². The Morgan fingerprint density at radius 1 is 0.288 bits per heavy atom. The number of ether oxygens (including phenoxy) is 4. The van der Waals surface area contributed by atoms with E-state index < -0.39 is 97.5 Å². The minimum atomic E-state index is -5.03. The predicted octanol–water partition coefficient (Wildman–Crippen LogP) is 22.8. The molecule has 0 bridgehead atoms. The van der Waals surface area contributed by atoms with Crippen molar-refractivity contribution in [3.63, 3.8) is 0 Å². The molecule has 0 heterocycles. The number of aliphatic hydroxyl groups excluding tert-OH is 1. The fourth-order valence-electron chi connectivity index (χ4n) is 9.48. The van der Waals surface area contributed by atoms with Crippen LogP contribution in [0.1, 0.15) is 272 Å². The first kappa shape index (κ1) is 98.2. The van der Waals surface area contributed by atoms with Gasteiger partial charge in [-0.05, 0) is 148 Å². The highest BCUT2D eigenvalue weighted by molar-refractivity contribution is 7.47. The molecular formula is C85H136O17P2. The number of hydrogen-bond donors (Lipinski definition) is 3. The zero-order valence-corrected chi connectivity index (χ0v) is 65.9. The number of carbonyl (C=O) groups is 4. The number of allylic oxidation sites excluding steroid dienone is 29. The molecule has 0 aliphatic rings. The minimum Gasteiger partial charge on any atom is -0.462 e. The predicted molar refractivity (Wildman–Crippen MR) is 426 cm³/mol. The number of hydrogen-bond acceptors (Lipinski definition) is 15. The first-order valence-corrected chi connectivity index (χ1v) is 42.0. The van der Waals surface area contributed by atoms with E-state index in [2.05, 4.69) is 167 Å².